The molecule has 108 valence electrons. The van der Waals surface area contributed by atoms with E-state index in [1.54, 1.807) is 0 Å². The molecule has 0 saturated carbocycles. The molecule has 2 fully saturated rings. The molecule has 2 aliphatic heterocycles. The van der Waals surface area contributed by atoms with E-state index in [2.05, 4.69) is 14.8 Å². The number of morpholine rings is 1. The van der Waals surface area contributed by atoms with Crippen molar-refractivity contribution in [2.75, 3.05) is 44.3 Å². The van der Waals surface area contributed by atoms with E-state index in [1.807, 2.05) is 18.2 Å². The van der Waals surface area contributed by atoms with Crippen molar-refractivity contribution in [3.63, 3.8) is 0 Å². The Morgan fingerprint density at radius 3 is 2.85 bits per heavy atom. The number of thiocarbonyl (C=S) groups is 1. The summed E-state index contributed by atoms with van der Waals surface area (Å²) in [4.78, 5) is 9.76. The second kappa shape index (κ2) is 6.03. The Morgan fingerprint density at radius 1 is 1.30 bits per heavy atom. The van der Waals surface area contributed by atoms with E-state index in [9.17, 15) is 0 Å². The average Bonchev–Trinajstić information content (AvgIpc) is 2.98. The molecule has 2 saturated heterocycles. The monoisotopic (exact) mass is 292 g/mol. The van der Waals surface area contributed by atoms with Crippen molar-refractivity contribution in [2.45, 2.75) is 12.5 Å². The van der Waals surface area contributed by atoms with Gasteiger partial charge in [0.25, 0.3) is 0 Å². The van der Waals surface area contributed by atoms with Crippen LogP contribution in [0.2, 0.25) is 0 Å². The number of ether oxygens (including phenoxy) is 1. The molecule has 0 aromatic carbocycles. The highest BCUT2D eigenvalue weighted by Crippen LogP contribution is 2.22. The molecule has 1 atom stereocenters. The first-order valence-corrected chi connectivity index (χ1v) is 7.48. The Morgan fingerprint density at radius 2 is 2.10 bits per heavy atom. The van der Waals surface area contributed by atoms with Gasteiger partial charge in [-0.3, -0.25) is 4.90 Å². The Balaban J connectivity index is 1.67. The number of hydrogen-bond acceptors (Lipinski definition) is 5. The van der Waals surface area contributed by atoms with Crippen LogP contribution in [0.3, 0.4) is 0 Å². The van der Waals surface area contributed by atoms with E-state index in [-0.39, 0.29) is 0 Å². The van der Waals surface area contributed by atoms with Crippen molar-refractivity contribution in [1.82, 2.24) is 9.88 Å². The van der Waals surface area contributed by atoms with Gasteiger partial charge in [-0.1, -0.05) is 18.3 Å². The first-order chi connectivity index (χ1) is 9.74. The van der Waals surface area contributed by atoms with E-state index in [1.165, 1.54) is 6.42 Å². The van der Waals surface area contributed by atoms with Gasteiger partial charge in [-0.25, -0.2) is 4.98 Å². The molecule has 0 amide bonds. The molecule has 0 radical (unpaired) electrons. The molecular weight excluding hydrogens is 272 g/mol. The molecule has 5 nitrogen and oxygen atoms in total. The van der Waals surface area contributed by atoms with Crippen LogP contribution in [0.4, 0.5) is 5.82 Å². The lowest BCUT2D eigenvalue weighted by Crippen LogP contribution is -2.44. The maximum atomic E-state index is 5.65. The smallest absolute Gasteiger partial charge is 0.129 e. The molecule has 0 bridgehead atoms. The third-order valence-electron chi connectivity index (χ3n) is 4.04. The van der Waals surface area contributed by atoms with Gasteiger partial charge in [0, 0.05) is 32.2 Å². The van der Waals surface area contributed by atoms with Crippen LogP contribution < -0.4 is 10.6 Å². The topological polar surface area (TPSA) is 54.6 Å². The van der Waals surface area contributed by atoms with Gasteiger partial charge >= 0.3 is 0 Å². The summed E-state index contributed by atoms with van der Waals surface area (Å²) in [5, 5.41) is 0. The first kappa shape index (κ1) is 13.7. The van der Waals surface area contributed by atoms with Crippen molar-refractivity contribution in [2.24, 2.45) is 5.73 Å². The van der Waals surface area contributed by atoms with Gasteiger partial charge in [-0.2, -0.15) is 0 Å². The Kier molecular flexibility index (Phi) is 4.14. The van der Waals surface area contributed by atoms with Gasteiger partial charge in [0.15, 0.2) is 0 Å². The van der Waals surface area contributed by atoms with Crippen molar-refractivity contribution < 1.29 is 4.74 Å². The molecule has 2 aliphatic rings. The second-order valence-corrected chi connectivity index (χ2v) is 5.72. The summed E-state index contributed by atoms with van der Waals surface area (Å²) in [6.45, 7) is 5.85. The molecule has 1 unspecified atom stereocenters. The number of aromatic nitrogens is 1. The lowest BCUT2D eigenvalue weighted by atomic mass is 10.2. The maximum Gasteiger partial charge on any atom is 0.129 e. The summed E-state index contributed by atoms with van der Waals surface area (Å²) < 4.78 is 5.42. The minimum Gasteiger partial charge on any atom is -0.388 e. The zero-order valence-corrected chi connectivity index (χ0v) is 12.3. The van der Waals surface area contributed by atoms with E-state index in [0.29, 0.717) is 16.7 Å². The predicted octanol–water partition coefficient (Wildman–Crippen LogP) is 0.627. The van der Waals surface area contributed by atoms with Crippen LogP contribution >= 0.6 is 12.2 Å². The minimum absolute atomic E-state index is 0.357. The van der Waals surface area contributed by atoms with Gasteiger partial charge in [0.05, 0.1) is 18.9 Å². The van der Waals surface area contributed by atoms with Gasteiger partial charge in [0.1, 0.15) is 10.8 Å². The SMILES string of the molecule is NC(=S)c1cccc(N2CCC(N3CCOCC3)C2)n1. The van der Waals surface area contributed by atoms with Crippen molar-refractivity contribution in [3.05, 3.63) is 23.9 Å². The summed E-state index contributed by atoms with van der Waals surface area (Å²) in [5.74, 6) is 0.978. The van der Waals surface area contributed by atoms with Gasteiger partial charge < -0.3 is 15.4 Å². The number of nitrogens with zero attached hydrogens (tertiary/aromatic N) is 3. The zero-order chi connectivity index (χ0) is 13.9. The van der Waals surface area contributed by atoms with Gasteiger partial charge in [-0.15, -0.1) is 0 Å². The summed E-state index contributed by atoms with van der Waals surface area (Å²) in [5.41, 5.74) is 6.36. The standard InChI is InChI=1S/C14H20N4OS/c15-14(20)12-2-1-3-13(16-12)18-5-4-11(10-18)17-6-8-19-9-7-17/h1-3,11H,4-10H2,(H2,15,20). The molecule has 0 spiro atoms. The maximum absolute atomic E-state index is 5.65. The number of hydrogen-bond donors (Lipinski definition) is 1. The van der Waals surface area contributed by atoms with Gasteiger partial charge in [0.2, 0.25) is 0 Å². The minimum atomic E-state index is 0.357. The molecule has 0 aliphatic carbocycles. The van der Waals surface area contributed by atoms with Crippen LogP contribution in [0, 0.1) is 0 Å². The predicted molar refractivity (Wildman–Crippen MR) is 83.1 cm³/mol. The quantitative estimate of drug-likeness (QED) is 0.825. The van der Waals surface area contributed by atoms with Crippen molar-refractivity contribution >= 4 is 23.0 Å². The third-order valence-corrected chi connectivity index (χ3v) is 4.25. The molecule has 6 heteroatoms. The van der Waals surface area contributed by atoms with E-state index >= 15 is 0 Å². The van der Waals surface area contributed by atoms with Crippen LogP contribution in [-0.2, 0) is 4.74 Å². The van der Waals surface area contributed by atoms with E-state index in [4.69, 9.17) is 22.7 Å². The van der Waals surface area contributed by atoms with Crippen LogP contribution in [0.15, 0.2) is 18.2 Å². The third kappa shape index (κ3) is 2.92. The fourth-order valence-corrected chi connectivity index (χ4v) is 3.04. The average molecular weight is 292 g/mol. The highest BCUT2D eigenvalue weighted by atomic mass is 32.1. The molecule has 1 aromatic heterocycles. The Hall–Kier alpha value is -1.24. The second-order valence-electron chi connectivity index (χ2n) is 5.28. The number of anilines is 1. The molecule has 3 rings (SSSR count). The molecular formula is C14H20N4OS. The van der Waals surface area contributed by atoms with Crippen molar-refractivity contribution in [3.8, 4) is 0 Å². The summed E-state index contributed by atoms with van der Waals surface area (Å²) in [7, 11) is 0. The van der Waals surface area contributed by atoms with Crippen LogP contribution in [0.5, 0.6) is 0 Å². The molecule has 1 aromatic rings. The van der Waals surface area contributed by atoms with Crippen LogP contribution in [0.1, 0.15) is 12.1 Å². The summed E-state index contributed by atoms with van der Waals surface area (Å²) >= 11 is 5.00. The van der Waals surface area contributed by atoms with Crippen molar-refractivity contribution in [1.29, 1.82) is 0 Å². The lowest BCUT2D eigenvalue weighted by molar-refractivity contribution is 0.0209. The molecule has 3 heterocycles. The fourth-order valence-electron chi connectivity index (χ4n) is 2.93. The highest BCUT2D eigenvalue weighted by Gasteiger charge is 2.29. The largest absolute Gasteiger partial charge is 0.388 e. The first-order valence-electron chi connectivity index (χ1n) is 7.07. The summed E-state index contributed by atoms with van der Waals surface area (Å²) in [6, 6.07) is 6.47. The fraction of sp³-hybridized carbons (Fsp3) is 0.571. The van der Waals surface area contributed by atoms with E-state index in [0.717, 1.165) is 45.2 Å². The lowest BCUT2D eigenvalue weighted by Gasteiger charge is -2.32. The van der Waals surface area contributed by atoms with Crippen LogP contribution in [-0.4, -0.2) is 60.3 Å². The Bertz CT molecular complexity index is 490. The highest BCUT2D eigenvalue weighted by molar-refractivity contribution is 7.80. The zero-order valence-electron chi connectivity index (χ0n) is 11.5. The van der Waals surface area contributed by atoms with Gasteiger partial charge in [-0.05, 0) is 18.6 Å². The molecule has 20 heavy (non-hydrogen) atoms. The number of pyridine rings is 1. The van der Waals surface area contributed by atoms with Crippen LogP contribution in [0.25, 0.3) is 0 Å². The van der Waals surface area contributed by atoms with E-state index < -0.39 is 0 Å². The summed E-state index contributed by atoms with van der Waals surface area (Å²) in [6.07, 6.45) is 1.18. The number of rotatable bonds is 3. The number of nitrogens with two attached hydrogens (primary N) is 1. The molecule has 2 N–H and O–H groups in total. The Labute approximate surface area is 124 Å². The normalized spacial score (nSPS) is 24.0.